The number of carbonyl (C=O) groups is 3. The van der Waals surface area contributed by atoms with Gasteiger partial charge in [0, 0.05) is 24.0 Å². The summed E-state index contributed by atoms with van der Waals surface area (Å²) in [6.07, 6.45) is 2.04. The second kappa shape index (κ2) is 13.5. The molecule has 228 valence electrons. The Morgan fingerprint density at radius 3 is 2.16 bits per heavy atom. The molecule has 5 rings (SSSR count). The number of aryl methyl sites for hydroxylation is 1. The van der Waals surface area contributed by atoms with Gasteiger partial charge < -0.3 is 15.0 Å². The number of rotatable bonds is 10. The lowest BCUT2D eigenvalue weighted by Crippen LogP contribution is -2.39. The lowest BCUT2D eigenvalue weighted by molar-refractivity contribution is -0.119. The molecule has 0 saturated carbocycles. The zero-order chi connectivity index (χ0) is 32.2. The van der Waals surface area contributed by atoms with Crippen LogP contribution in [0.25, 0.3) is 22.2 Å². The van der Waals surface area contributed by atoms with Gasteiger partial charge in [-0.25, -0.2) is 9.78 Å². The molecule has 10 heteroatoms. The van der Waals surface area contributed by atoms with Crippen LogP contribution in [0.3, 0.4) is 0 Å². The van der Waals surface area contributed by atoms with Gasteiger partial charge in [0.2, 0.25) is 5.43 Å². The van der Waals surface area contributed by atoms with Crippen molar-refractivity contribution < 1.29 is 19.5 Å². The number of Topliss-reactive ketones (excluding diaryl/α,β-unsaturated/α-hetero) is 1. The Morgan fingerprint density at radius 2 is 1.53 bits per heavy atom. The minimum atomic E-state index is -1.40. The zero-order valence-electron chi connectivity index (χ0n) is 24.5. The average molecular weight is 643 g/mol. The summed E-state index contributed by atoms with van der Waals surface area (Å²) in [6.45, 7) is 3.88. The second-order valence-electron chi connectivity index (χ2n) is 10.7. The fraction of sp³-hybridized carbons (Fsp3) is 0.171. The average Bonchev–Trinajstić information content (AvgIpc) is 3.04. The van der Waals surface area contributed by atoms with Crippen LogP contribution in [0.15, 0.2) is 89.9 Å². The fourth-order valence-corrected chi connectivity index (χ4v) is 5.28. The molecule has 2 heterocycles. The number of hydrogen-bond donors (Lipinski definition) is 2. The molecule has 0 fully saturated rings. The number of aromatic carboxylic acids is 1. The number of hydrogen-bond acceptors (Lipinski definition) is 5. The summed E-state index contributed by atoms with van der Waals surface area (Å²) in [5.74, 6) is -2.12. The number of amides is 1. The van der Waals surface area contributed by atoms with Gasteiger partial charge in [-0.1, -0.05) is 72.6 Å². The number of carbonyl (C=O) groups excluding carboxylic acids is 2. The molecular weight excluding hydrogens is 613 g/mol. The number of aromatic nitrogens is 2. The van der Waals surface area contributed by atoms with Crippen molar-refractivity contribution in [1.29, 1.82) is 0 Å². The van der Waals surface area contributed by atoms with Crippen molar-refractivity contribution in [3.05, 3.63) is 133 Å². The highest BCUT2D eigenvalue weighted by molar-refractivity contribution is 6.42. The summed E-state index contributed by atoms with van der Waals surface area (Å²) in [5.41, 5.74) is 3.77. The maximum atomic E-state index is 13.1. The van der Waals surface area contributed by atoms with Gasteiger partial charge in [0.1, 0.15) is 11.1 Å². The zero-order valence-corrected chi connectivity index (χ0v) is 26.0. The SMILES string of the molecule is CCc1ccc(-c2ccc(C(=O)N[C@@H](C)C(=O)Cc3ccc4c(n3)c(=O)c(C(=O)O)cn4Cc3ccc(Cl)c(Cl)c3)cc2)cc1. The maximum Gasteiger partial charge on any atom is 0.341 e. The summed E-state index contributed by atoms with van der Waals surface area (Å²) in [5, 5.41) is 13.1. The van der Waals surface area contributed by atoms with Gasteiger partial charge >= 0.3 is 5.97 Å². The topological polar surface area (TPSA) is 118 Å². The smallest absolute Gasteiger partial charge is 0.341 e. The van der Waals surface area contributed by atoms with Crippen LogP contribution in [-0.4, -0.2) is 38.4 Å². The standard InChI is InChI=1S/C35H29Cl2N3O5/c1-3-21-4-7-23(8-5-21)24-9-11-25(12-10-24)34(43)38-20(2)31(41)17-26-13-15-30-32(39-26)33(42)27(35(44)45)19-40(30)18-22-6-14-28(36)29(37)16-22/h4-16,19-20H,3,17-18H2,1-2H3,(H,38,43)(H,44,45)/t20-/m0/s1. The third kappa shape index (κ3) is 7.14. The molecule has 3 aromatic carbocycles. The molecule has 0 unspecified atom stereocenters. The first kappa shape index (κ1) is 31.6. The molecule has 0 bridgehead atoms. The van der Waals surface area contributed by atoms with Crippen molar-refractivity contribution in [3.8, 4) is 11.1 Å². The molecular formula is C35H29Cl2N3O5. The van der Waals surface area contributed by atoms with Gasteiger partial charge in [0.15, 0.2) is 5.78 Å². The summed E-state index contributed by atoms with van der Waals surface area (Å²) < 4.78 is 1.59. The fourth-order valence-electron chi connectivity index (χ4n) is 4.96. The van der Waals surface area contributed by atoms with Crippen molar-refractivity contribution in [2.45, 2.75) is 39.3 Å². The molecule has 0 saturated heterocycles. The molecule has 0 aliphatic rings. The Kier molecular flexibility index (Phi) is 9.46. The number of carboxylic acids is 1. The van der Waals surface area contributed by atoms with E-state index in [0.717, 1.165) is 23.1 Å². The van der Waals surface area contributed by atoms with Gasteiger partial charge in [-0.3, -0.25) is 14.4 Å². The first-order valence-electron chi connectivity index (χ1n) is 14.3. The highest BCUT2D eigenvalue weighted by atomic mass is 35.5. The Bertz CT molecular complexity index is 1990. The van der Waals surface area contributed by atoms with Crippen LogP contribution in [0.5, 0.6) is 0 Å². The van der Waals surface area contributed by atoms with E-state index >= 15 is 0 Å². The predicted octanol–water partition coefficient (Wildman–Crippen LogP) is 6.61. The van der Waals surface area contributed by atoms with E-state index in [1.54, 1.807) is 54.0 Å². The first-order chi connectivity index (χ1) is 21.5. The summed E-state index contributed by atoms with van der Waals surface area (Å²) in [6, 6.07) is 22.8. The van der Waals surface area contributed by atoms with Crippen LogP contribution in [0.2, 0.25) is 10.0 Å². The maximum absolute atomic E-state index is 13.1. The van der Waals surface area contributed by atoms with Crippen molar-refractivity contribution in [2.75, 3.05) is 0 Å². The van der Waals surface area contributed by atoms with Crippen molar-refractivity contribution in [2.24, 2.45) is 0 Å². The number of nitrogens with one attached hydrogen (secondary N) is 1. The quantitative estimate of drug-likeness (QED) is 0.177. The third-order valence-electron chi connectivity index (χ3n) is 7.58. The van der Waals surface area contributed by atoms with Gasteiger partial charge in [-0.15, -0.1) is 0 Å². The lowest BCUT2D eigenvalue weighted by Gasteiger charge is -2.15. The van der Waals surface area contributed by atoms with Crippen LogP contribution in [0, 0.1) is 0 Å². The molecule has 2 N–H and O–H groups in total. The largest absolute Gasteiger partial charge is 0.477 e. The van der Waals surface area contributed by atoms with Gasteiger partial charge in [0.05, 0.1) is 28.0 Å². The predicted molar refractivity (Wildman–Crippen MR) is 175 cm³/mol. The van der Waals surface area contributed by atoms with Crippen LogP contribution in [0.4, 0.5) is 0 Å². The van der Waals surface area contributed by atoms with Crippen LogP contribution in [0.1, 0.15) is 51.4 Å². The normalized spacial score (nSPS) is 11.7. The molecule has 0 aliphatic heterocycles. The Labute approximate surface area is 269 Å². The molecule has 1 amide bonds. The number of pyridine rings is 2. The van der Waals surface area contributed by atoms with Gasteiger partial charge in [-0.2, -0.15) is 0 Å². The van der Waals surface area contributed by atoms with Crippen molar-refractivity contribution in [3.63, 3.8) is 0 Å². The second-order valence-corrected chi connectivity index (χ2v) is 11.5. The minimum absolute atomic E-state index is 0.0821. The highest BCUT2D eigenvalue weighted by Crippen LogP contribution is 2.24. The van der Waals surface area contributed by atoms with E-state index in [1.807, 2.05) is 24.3 Å². The monoisotopic (exact) mass is 641 g/mol. The molecule has 1 atom stereocenters. The van der Waals surface area contributed by atoms with E-state index in [4.69, 9.17) is 23.2 Å². The Hall–Kier alpha value is -4.79. The van der Waals surface area contributed by atoms with E-state index < -0.39 is 28.9 Å². The Morgan fingerprint density at radius 1 is 0.889 bits per heavy atom. The van der Waals surface area contributed by atoms with Crippen LogP contribution in [-0.2, 0) is 24.2 Å². The van der Waals surface area contributed by atoms with Crippen molar-refractivity contribution in [1.82, 2.24) is 14.9 Å². The van der Waals surface area contributed by atoms with Gasteiger partial charge in [0.25, 0.3) is 5.91 Å². The Balaban J connectivity index is 1.31. The number of nitrogens with zero attached hydrogens (tertiary/aromatic N) is 2. The van der Waals surface area contributed by atoms with Crippen LogP contribution >= 0.6 is 23.2 Å². The molecule has 0 spiro atoms. The number of halogens is 2. The highest BCUT2D eigenvalue weighted by Gasteiger charge is 2.20. The molecule has 0 aliphatic carbocycles. The summed E-state index contributed by atoms with van der Waals surface area (Å²) >= 11 is 12.2. The van der Waals surface area contributed by atoms with Gasteiger partial charge in [-0.05, 0) is 72.0 Å². The third-order valence-corrected chi connectivity index (χ3v) is 8.32. The van der Waals surface area contributed by atoms with E-state index in [9.17, 15) is 24.3 Å². The number of carboxylic acid groups (broad SMARTS) is 1. The number of fused-ring (bicyclic) bond motifs is 1. The van der Waals surface area contributed by atoms with Crippen LogP contribution < -0.4 is 10.7 Å². The van der Waals surface area contributed by atoms with Crippen molar-refractivity contribution >= 4 is 51.9 Å². The summed E-state index contributed by atoms with van der Waals surface area (Å²) in [7, 11) is 0. The number of ketones is 1. The molecule has 2 aromatic heterocycles. The summed E-state index contributed by atoms with van der Waals surface area (Å²) in [4.78, 5) is 55.3. The van der Waals surface area contributed by atoms with E-state index in [-0.39, 0.29) is 30.0 Å². The molecule has 5 aromatic rings. The van der Waals surface area contributed by atoms with E-state index in [0.29, 0.717) is 21.1 Å². The van der Waals surface area contributed by atoms with E-state index in [2.05, 4.69) is 29.4 Å². The molecule has 0 radical (unpaired) electrons. The van der Waals surface area contributed by atoms with E-state index in [1.165, 1.54) is 11.8 Å². The minimum Gasteiger partial charge on any atom is -0.477 e. The molecule has 8 nitrogen and oxygen atoms in total. The first-order valence-corrected chi connectivity index (χ1v) is 15.0. The molecule has 45 heavy (non-hydrogen) atoms. The number of benzene rings is 3. The lowest BCUT2D eigenvalue weighted by atomic mass is 10.0.